The fourth-order valence-corrected chi connectivity index (χ4v) is 2.32. The van der Waals surface area contributed by atoms with E-state index in [9.17, 15) is 10.1 Å². The number of hydrogen-bond donors (Lipinski definition) is 2. The van der Waals surface area contributed by atoms with E-state index in [1.165, 1.54) is 6.07 Å². The lowest BCUT2D eigenvalue weighted by atomic mass is 10.1. The summed E-state index contributed by atoms with van der Waals surface area (Å²) in [6, 6.07) is 14.5. The molecule has 3 N–H and O–H groups in total. The minimum absolute atomic E-state index is 0.0668. The first-order chi connectivity index (χ1) is 9.58. The van der Waals surface area contributed by atoms with Crippen LogP contribution in [0.15, 0.2) is 48.5 Å². The minimum Gasteiger partial charge on any atom is -0.378 e. The van der Waals surface area contributed by atoms with Crippen molar-refractivity contribution in [3.05, 3.63) is 67.8 Å². The van der Waals surface area contributed by atoms with Crippen LogP contribution in [0.4, 0.5) is 11.4 Å². The topological polar surface area (TPSA) is 81.2 Å². The van der Waals surface area contributed by atoms with Crippen molar-refractivity contribution in [2.45, 2.75) is 6.04 Å². The number of nitrogens with one attached hydrogen (secondary N) is 1. The largest absolute Gasteiger partial charge is 0.378 e. The lowest BCUT2D eigenvalue weighted by molar-refractivity contribution is -0.384. The normalized spacial score (nSPS) is 11.9. The van der Waals surface area contributed by atoms with E-state index in [-0.39, 0.29) is 11.7 Å². The molecule has 0 aliphatic carbocycles. The van der Waals surface area contributed by atoms with E-state index < -0.39 is 4.92 Å². The van der Waals surface area contributed by atoms with Crippen LogP contribution in [-0.2, 0) is 0 Å². The van der Waals surface area contributed by atoms with Crippen LogP contribution in [0.1, 0.15) is 11.6 Å². The molecule has 0 saturated heterocycles. The fraction of sp³-hybridized carbons (Fsp3) is 0.143. The highest BCUT2D eigenvalue weighted by Crippen LogP contribution is 2.26. The van der Waals surface area contributed by atoms with Crippen LogP contribution < -0.4 is 11.1 Å². The van der Waals surface area contributed by atoms with Gasteiger partial charge in [-0.1, -0.05) is 30.3 Å². The number of nitrogens with zero attached hydrogens (tertiary/aromatic N) is 1. The van der Waals surface area contributed by atoms with E-state index in [0.29, 0.717) is 12.2 Å². The highest BCUT2D eigenvalue weighted by Gasteiger charge is 2.15. The zero-order valence-electron chi connectivity index (χ0n) is 10.6. The molecule has 0 amide bonds. The molecule has 2 rings (SSSR count). The van der Waals surface area contributed by atoms with Crippen LogP contribution in [0, 0.1) is 13.7 Å². The van der Waals surface area contributed by atoms with Crippen LogP contribution in [0.3, 0.4) is 0 Å². The third-order valence-electron chi connectivity index (χ3n) is 2.90. The molecule has 1 unspecified atom stereocenters. The Kier molecular flexibility index (Phi) is 4.91. The summed E-state index contributed by atoms with van der Waals surface area (Å²) in [5, 5.41) is 14.1. The molecule has 5 nitrogen and oxygen atoms in total. The second-order valence-corrected chi connectivity index (χ2v) is 5.56. The summed E-state index contributed by atoms with van der Waals surface area (Å²) < 4.78 is 0.826. The molecule has 6 heteroatoms. The van der Waals surface area contributed by atoms with E-state index in [4.69, 9.17) is 5.73 Å². The van der Waals surface area contributed by atoms with Gasteiger partial charge in [0.1, 0.15) is 5.69 Å². The molecule has 1 atom stereocenters. The van der Waals surface area contributed by atoms with Crippen LogP contribution in [0.2, 0.25) is 0 Å². The molecule has 20 heavy (non-hydrogen) atoms. The Morgan fingerprint density at radius 2 is 1.95 bits per heavy atom. The smallest absolute Gasteiger partial charge is 0.293 e. The van der Waals surface area contributed by atoms with Crippen molar-refractivity contribution >= 4 is 34.0 Å². The first-order valence-corrected chi connectivity index (χ1v) is 7.14. The van der Waals surface area contributed by atoms with E-state index in [2.05, 4.69) is 5.32 Å². The van der Waals surface area contributed by atoms with Gasteiger partial charge in [-0.3, -0.25) is 10.1 Å². The average molecular weight is 383 g/mol. The summed E-state index contributed by atoms with van der Waals surface area (Å²) >= 11 is 2.05. The van der Waals surface area contributed by atoms with E-state index in [1.54, 1.807) is 6.07 Å². The Bertz CT molecular complexity index is 605. The summed E-state index contributed by atoms with van der Waals surface area (Å²) in [7, 11) is 0. The molecule has 2 aromatic rings. The molecule has 0 aliphatic rings. The first-order valence-electron chi connectivity index (χ1n) is 6.06. The number of anilines is 1. The molecule has 0 fully saturated rings. The standard InChI is InChI=1S/C14H14IN3O2/c15-11-6-7-13(14(8-11)18(19)20)17-9-12(16)10-4-2-1-3-5-10/h1-8,12,17H,9,16H2. The monoisotopic (exact) mass is 383 g/mol. The Morgan fingerprint density at radius 3 is 2.60 bits per heavy atom. The second kappa shape index (κ2) is 6.67. The van der Waals surface area contributed by atoms with Crippen molar-refractivity contribution in [3.63, 3.8) is 0 Å². The highest BCUT2D eigenvalue weighted by atomic mass is 127. The van der Waals surface area contributed by atoms with E-state index >= 15 is 0 Å². The molecule has 0 heterocycles. The molecule has 104 valence electrons. The number of nitro groups is 1. The zero-order chi connectivity index (χ0) is 14.5. The Balaban J connectivity index is 2.09. The SMILES string of the molecule is NC(CNc1ccc(I)cc1[N+](=O)[O-])c1ccccc1. The fourth-order valence-electron chi connectivity index (χ4n) is 1.84. The maximum Gasteiger partial charge on any atom is 0.293 e. The summed E-state index contributed by atoms with van der Waals surface area (Å²) in [6.45, 7) is 0.436. The minimum atomic E-state index is -0.390. The van der Waals surface area contributed by atoms with Crippen LogP contribution in [0.5, 0.6) is 0 Å². The Morgan fingerprint density at radius 1 is 1.25 bits per heavy atom. The highest BCUT2D eigenvalue weighted by molar-refractivity contribution is 14.1. The van der Waals surface area contributed by atoms with Gasteiger partial charge in [0.15, 0.2) is 0 Å². The summed E-state index contributed by atoms with van der Waals surface area (Å²) in [4.78, 5) is 10.6. The number of benzene rings is 2. The molecule has 0 saturated carbocycles. The maximum absolute atomic E-state index is 11.0. The number of hydrogen-bond acceptors (Lipinski definition) is 4. The second-order valence-electron chi connectivity index (χ2n) is 4.32. The summed E-state index contributed by atoms with van der Waals surface area (Å²) in [6.07, 6.45) is 0. The van der Waals surface area contributed by atoms with Gasteiger partial charge in [0, 0.05) is 22.2 Å². The Hall–Kier alpha value is -1.67. The lowest BCUT2D eigenvalue weighted by Crippen LogP contribution is -2.20. The average Bonchev–Trinajstić information content (AvgIpc) is 2.46. The molecule has 0 bridgehead atoms. The predicted molar refractivity (Wildman–Crippen MR) is 87.7 cm³/mol. The maximum atomic E-state index is 11.0. The van der Waals surface area contributed by atoms with Gasteiger partial charge in [-0.15, -0.1) is 0 Å². The van der Waals surface area contributed by atoms with Crippen molar-refractivity contribution in [3.8, 4) is 0 Å². The molecule has 0 spiro atoms. The van der Waals surface area contributed by atoms with Crippen molar-refractivity contribution < 1.29 is 4.92 Å². The van der Waals surface area contributed by atoms with Crippen molar-refractivity contribution in [2.24, 2.45) is 5.73 Å². The molecular weight excluding hydrogens is 369 g/mol. The van der Waals surface area contributed by atoms with Crippen molar-refractivity contribution in [1.29, 1.82) is 0 Å². The predicted octanol–water partition coefficient (Wildman–Crippen LogP) is 3.31. The number of nitrogens with two attached hydrogens (primary N) is 1. The third-order valence-corrected chi connectivity index (χ3v) is 3.57. The van der Waals surface area contributed by atoms with Gasteiger partial charge in [-0.2, -0.15) is 0 Å². The van der Waals surface area contributed by atoms with Crippen LogP contribution in [0.25, 0.3) is 0 Å². The zero-order valence-corrected chi connectivity index (χ0v) is 12.8. The van der Waals surface area contributed by atoms with Gasteiger partial charge < -0.3 is 11.1 Å². The van der Waals surface area contributed by atoms with Gasteiger partial charge in [-0.25, -0.2) is 0 Å². The summed E-state index contributed by atoms with van der Waals surface area (Å²) in [5.41, 5.74) is 7.61. The van der Waals surface area contributed by atoms with Crippen molar-refractivity contribution in [2.75, 3.05) is 11.9 Å². The van der Waals surface area contributed by atoms with Gasteiger partial charge in [0.2, 0.25) is 0 Å². The number of halogens is 1. The Labute approximate surface area is 130 Å². The van der Waals surface area contributed by atoms with Gasteiger partial charge in [0.05, 0.1) is 4.92 Å². The van der Waals surface area contributed by atoms with Gasteiger partial charge in [0.25, 0.3) is 5.69 Å². The van der Waals surface area contributed by atoms with Gasteiger partial charge in [-0.05, 0) is 40.3 Å². The van der Waals surface area contributed by atoms with E-state index in [0.717, 1.165) is 9.13 Å². The molecule has 2 aromatic carbocycles. The molecule has 0 aromatic heterocycles. The molecule has 0 radical (unpaired) electrons. The first kappa shape index (κ1) is 14.7. The van der Waals surface area contributed by atoms with E-state index in [1.807, 2.05) is 59.0 Å². The molecule has 0 aliphatic heterocycles. The number of nitro benzene ring substituents is 1. The third kappa shape index (κ3) is 3.67. The lowest BCUT2D eigenvalue weighted by Gasteiger charge is -2.14. The van der Waals surface area contributed by atoms with Crippen LogP contribution >= 0.6 is 22.6 Å². The summed E-state index contributed by atoms with van der Waals surface area (Å²) in [5.74, 6) is 0. The van der Waals surface area contributed by atoms with Gasteiger partial charge >= 0.3 is 0 Å². The molecular formula is C14H14IN3O2. The number of rotatable bonds is 5. The quantitative estimate of drug-likeness (QED) is 0.472. The van der Waals surface area contributed by atoms with Crippen LogP contribution in [-0.4, -0.2) is 11.5 Å². The van der Waals surface area contributed by atoms with Crippen molar-refractivity contribution in [1.82, 2.24) is 0 Å².